The number of rotatable bonds is 16. The van der Waals surface area contributed by atoms with Gasteiger partial charge in [0.25, 0.3) is 6.47 Å². The van der Waals surface area contributed by atoms with Crippen molar-refractivity contribution in [3.8, 4) is 0 Å². The van der Waals surface area contributed by atoms with Crippen LogP contribution in [0.2, 0.25) is 0 Å². The summed E-state index contributed by atoms with van der Waals surface area (Å²) in [5, 5.41) is 32.9. The van der Waals surface area contributed by atoms with Crippen LogP contribution in [0, 0.1) is 6.92 Å². The Labute approximate surface area is 387 Å². The van der Waals surface area contributed by atoms with E-state index in [1.165, 1.54) is 70.7 Å². The molecule has 0 aliphatic heterocycles. The van der Waals surface area contributed by atoms with Crippen LogP contribution in [-0.2, 0) is 83.2 Å². The summed E-state index contributed by atoms with van der Waals surface area (Å²) < 4.78 is 86.2. The minimum absolute atomic E-state index is 0. The second kappa shape index (κ2) is 51.3. The zero-order chi connectivity index (χ0) is 40.7. The van der Waals surface area contributed by atoms with E-state index in [1.807, 2.05) is 0 Å². The number of esters is 1. The molecule has 51 heavy (non-hydrogen) atoms. The van der Waals surface area contributed by atoms with Gasteiger partial charge in [-0.15, -0.1) is 9.05 Å². The smallest absolute Gasteiger partial charge is 1.00 e. The van der Waals surface area contributed by atoms with E-state index in [0.717, 1.165) is 0 Å². The van der Waals surface area contributed by atoms with Crippen LogP contribution >= 0.6 is 31.0 Å². The standard InChI is InChI=1S/C7H13O5P.C4H6O2.2C3H9O4P.C3H7O.C2H6O3P.CH2O3.2K.H/c1-6(2)7(8)12-5-13(9,10-3)11-4;1-3(2)4(5)6;2*1-6-8(5,3-4)7-2;1-3-4-2;1-4-6(3)5-2;2-1-4-3;;;/h1,5H2,2-4H3;1H2,2H3,(H,5,6);2*4H,3H2,1-2H3;1,3H2,2H3;1-2H3;1,3H;;;/q;;;;2*+1;;2*+1;-1/p-1. The fourth-order valence-electron chi connectivity index (χ4n) is 0.895. The molecule has 296 valence electrons. The average Bonchev–Trinajstić information content (AvgIpc) is 3.13. The molecule has 0 amide bonds. The van der Waals surface area contributed by atoms with Gasteiger partial charge in [0.15, 0.2) is 13.0 Å². The summed E-state index contributed by atoms with van der Waals surface area (Å²) in [4.78, 5) is 31.7. The van der Waals surface area contributed by atoms with Gasteiger partial charge >= 0.3 is 146 Å². The molecule has 0 heterocycles. The summed E-state index contributed by atoms with van der Waals surface area (Å²) in [6.45, 7) is 13.2. The van der Waals surface area contributed by atoms with Crippen molar-refractivity contribution in [2.24, 2.45) is 0 Å². The van der Waals surface area contributed by atoms with Crippen LogP contribution in [0.5, 0.6) is 0 Å². The van der Waals surface area contributed by atoms with E-state index in [2.05, 4.69) is 70.6 Å². The van der Waals surface area contributed by atoms with Gasteiger partial charge in [0.1, 0.15) is 12.7 Å². The molecule has 0 unspecified atom stereocenters. The Morgan fingerprint density at radius 2 is 1.02 bits per heavy atom. The van der Waals surface area contributed by atoms with Crippen molar-refractivity contribution in [3.63, 3.8) is 0 Å². The van der Waals surface area contributed by atoms with Crippen LogP contribution in [0.3, 0.4) is 0 Å². The van der Waals surface area contributed by atoms with E-state index >= 15 is 0 Å². The summed E-state index contributed by atoms with van der Waals surface area (Å²) in [6.07, 6.45) is -1.54. The first-order valence-corrected chi connectivity index (χ1v) is 18.5. The maximum Gasteiger partial charge on any atom is 1.00 e. The Hall–Kier alpha value is 1.34. The van der Waals surface area contributed by atoms with E-state index in [-0.39, 0.29) is 122 Å². The molecule has 0 saturated heterocycles. The molecule has 0 aromatic rings. The van der Waals surface area contributed by atoms with Gasteiger partial charge in [-0.2, -0.15) is 0 Å². The van der Waals surface area contributed by atoms with Gasteiger partial charge in [-0.1, -0.05) is 13.2 Å². The molecular weight excluding hydrogens is 830 g/mol. The van der Waals surface area contributed by atoms with Crippen LogP contribution in [-0.4, -0.2) is 123 Å². The molecule has 0 aromatic carbocycles. The van der Waals surface area contributed by atoms with Gasteiger partial charge < -0.3 is 63.5 Å². The van der Waals surface area contributed by atoms with Crippen molar-refractivity contribution in [2.45, 2.75) is 13.8 Å². The maximum absolute atomic E-state index is 11.3. The molecule has 0 aliphatic rings. The Bertz CT molecular complexity index is 933. The predicted molar refractivity (Wildman–Crippen MR) is 174 cm³/mol. The van der Waals surface area contributed by atoms with Crippen molar-refractivity contribution in [1.82, 2.24) is 0 Å². The monoisotopic (exact) mass is 882 g/mol. The molecule has 0 aromatic heterocycles. The number of aliphatic hydroxyl groups excluding tert-OH is 2. The number of methoxy groups -OCH3 is 1. The molecule has 0 spiro atoms. The first kappa shape index (κ1) is 73.4. The van der Waals surface area contributed by atoms with Gasteiger partial charge in [0.2, 0.25) is 0 Å². The van der Waals surface area contributed by atoms with E-state index in [1.54, 1.807) is 7.11 Å². The summed E-state index contributed by atoms with van der Waals surface area (Å²) in [7, 11) is 0.296. The molecule has 0 rings (SSSR count). The van der Waals surface area contributed by atoms with Gasteiger partial charge in [-0.25, -0.2) is 9.59 Å². The first-order valence-electron chi connectivity index (χ1n) is 12.2. The number of hydrogen-bond acceptors (Lipinski definition) is 21. The Kier molecular flexibility index (Phi) is 73.9. The minimum atomic E-state index is -3.26. The number of carbonyl (C=O) groups is 3. The average molecular weight is 883 g/mol. The van der Waals surface area contributed by atoms with E-state index < -0.39 is 62.0 Å². The molecule has 0 atom stereocenters. The number of aliphatic carboxylic acids is 1. The quantitative estimate of drug-likeness (QED) is 0.0203. The fourth-order valence-corrected chi connectivity index (χ4v) is 2.44. The van der Waals surface area contributed by atoms with E-state index in [0.29, 0.717) is 6.61 Å². The van der Waals surface area contributed by atoms with Crippen molar-refractivity contribution in [1.29, 1.82) is 0 Å². The van der Waals surface area contributed by atoms with Gasteiger partial charge in [-0.3, -0.25) is 18.5 Å². The molecule has 0 saturated carbocycles. The number of carbonyl (C=O) groups excluding carboxylic acids is 2. The van der Waals surface area contributed by atoms with Gasteiger partial charge in [0.05, 0.1) is 21.1 Å². The molecule has 0 radical (unpaired) electrons. The van der Waals surface area contributed by atoms with Crippen molar-refractivity contribution < 1.29 is 208 Å². The number of aliphatic hydroxyl groups is 2. The number of carboxylic acid groups (broad SMARTS) is 1. The summed E-state index contributed by atoms with van der Waals surface area (Å²) in [6, 6.07) is 0. The largest absolute Gasteiger partial charge is 1.00 e. The van der Waals surface area contributed by atoms with Crippen molar-refractivity contribution in [2.75, 3.05) is 89.6 Å². The third-order valence-corrected chi connectivity index (χ3v) is 8.70. The second-order valence-electron chi connectivity index (χ2n) is 6.91. The zero-order valence-electron chi connectivity index (χ0n) is 32.4. The van der Waals surface area contributed by atoms with Crippen molar-refractivity contribution in [3.05, 3.63) is 31.2 Å². The van der Waals surface area contributed by atoms with Crippen LogP contribution < -0.4 is 108 Å². The topological polar surface area (TPSA) is 305 Å². The number of hydrogen-bond donors (Lipinski definition) is 3. The van der Waals surface area contributed by atoms with Crippen LogP contribution in [0.1, 0.15) is 15.3 Å². The molecule has 0 bridgehead atoms. The summed E-state index contributed by atoms with van der Waals surface area (Å²) >= 11 is 0. The van der Waals surface area contributed by atoms with Crippen LogP contribution in [0.25, 0.3) is 0 Å². The molecule has 22 nitrogen and oxygen atoms in total. The molecule has 28 heteroatoms. The maximum atomic E-state index is 11.3. The van der Waals surface area contributed by atoms with Gasteiger partial charge in [-0.05, 0) is 13.8 Å². The normalized spacial score (nSPS) is 9.37. The summed E-state index contributed by atoms with van der Waals surface area (Å²) in [5.41, 5.74) is 0.411. The molecular formula is C23H52K2O22P4+2. The Balaban J connectivity index is -0.0000000508. The number of carboxylic acids is 1. The third kappa shape index (κ3) is 60.8. The van der Waals surface area contributed by atoms with E-state index in [9.17, 15) is 27.8 Å². The predicted octanol–water partition coefficient (Wildman–Crippen LogP) is -3.00. The second-order valence-corrected chi connectivity index (χ2v) is 14.8. The third-order valence-electron chi connectivity index (χ3n) is 3.62. The molecule has 3 N–H and O–H groups in total. The SMILES string of the molecule is C=C(C)C(=O)O.C=C(C)C(=O)OCP(=O)(OC)OC.COP(=O)(CO)OC.COP(=O)(CO)OC.CO[P+](=O)OC.O=CO[O-].[CH2+]COC.[H-].[K+].[K+]. The Morgan fingerprint density at radius 3 is 1.10 bits per heavy atom. The minimum Gasteiger partial charge on any atom is -1.00 e. The Morgan fingerprint density at radius 1 is 0.765 bits per heavy atom. The molecule has 0 aliphatic carbocycles. The van der Waals surface area contributed by atoms with Crippen LogP contribution in [0.4, 0.5) is 0 Å². The molecule has 0 fully saturated rings. The van der Waals surface area contributed by atoms with Gasteiger partial charge in [0, 0.05) is 65.5 Å². The van der Waals surface area contributed by atoms with E-state index in [4.69, 9.17) is 25.4 Å². The van der Waals surface area contributed by atoms with Crippen LogP contribution in [0.15, 0.2) is 24.3 Å². The summed E-state index contributed by atoms with van der Waals surface area (Å²) in [5.74, 6) is -1.55. The number of ether oxygens (including phenoxy) is 2. The fraction of sp³-hybridized carbons (Fsp3) is 0.652. The first-order chi connectivity index (χ1) is 22.6. The zero-order valence-corrected chi connectivity index (χ0v) is 41.2. The van der Waals surface area contributed by atoms with Crippen molar-refractivity contribution >= 4 is 49.5 Å².